The summed E-state index contributed by atoms with van der Waals surface area (Å²) in [5.74, 6) is -1.36. The van der Waals surface area contributed by atoms with Crippen molar-refractivity contribution in [1.82, 2.24) is 0 Å². The highest BCUT2D eigenvalue weighted by atomic mass is 79.9. The molecule has 7 heteroatoms. The van der Waals surface area contributed by atoms with Crippen molar-refractivity contribution in [3.63, 3.8) is 0 Å². The van der Waals surface area contributed by atoms with Crippen molar-refractivity contribution in [2.45, 2.75) is 5.38 Å². The zero-order chi connectivity index (χ0) is 13.4. The number of hydrogen-bond donors (Lipinski definition) is 0. The van der Waals surface area contributed by atoms with Gasteiger partial charge in [0, 0.05) is 10.4 Å². The van der Waals surface area contributed by atoms with E-state index in [4.69, 9.17) is 34.8 Å². The van der Waals surface area contributed by atoms with Crippen LogP contribution in [-0.4, -0.2) is 0 Å². The van der Waals surface area contributed by atoms with Gasteiger partial charge in [0.05, 0.1) is 19.2 Å². The smallest absolute Gasteiger partial charge is 0.142 e. The van der Waals surface area contributed by atoms with E-state index in [-0.39, 0.29) is 10.6 Å². The Hall–Kier alpha value is 0.130. The lowest BCUT2D eigenvalue weighted by atomic mass is 10.1. The van der Waals surface area contributed by atoms with E-state index in [1.54, 1.807) is 6.07 Å². The molecule has 1 atom stereocenters. The fraction of sp³-hybridized carbons (Fsp3) is 0.0909. The van der Waals surface area contributed by atoms with Crippen LogP contribution in [0.4, 0.5) is 8.78 Å². The molecule has 18 heavy (non-hydrogen) atoms. The van der Waals surface area contributed by atoms with Gasteiger partial charge in [0.15, 0.2) is 0 Å². The summed E-state index contributed by atoms with van der Waals surface area (Å²) in [5.41, 5.74) is 0.0315. The van der Waals surface area contributed by atoms with Gasteiger partial charge in [-0.1, -0.05) is 23.2 Å². The number of hydrogen-bond acceptors (Lipinski definition) is 1. The summed E-state index contributed by atoms with van der Waals surface area (Å²) >= 11 is 22.0. The summed E-state index contributed by atoms with van der Waals surface area (Å²) in [7, 11) is 0. The van der Waals surface area contributed by atoms with Gasteiger partial charge in [-0.15, -0.1) is 22.9 Å². The zero-order valence-electron chi connectivity index (χ0n) is 8.49. The van der Waals surface area contributed by atoms with Gasteiger partial charge in [0.25, 0.3) is 0 Å². The Morgan fingerprint density at radius 1 is 1.06 bits per heavy atom. The van der Waals surface area contributed by atoms with E-state index >= 15 is 0 Å². The topological polar surface area (TPSA) is 0 Å². The second-order valence-electron chi connectivity index (χ2n) is 3.42. The summed E-state index contributed by atoms with van der Waals surface area (Å²) in [6.07, 6.45) is 0. The van der Waals surface area contributed by atoms with E-state index in [0.717, 1.165) is 12.1 Å². The number of halogens is 6. The third-order valence-corrected chi connectivity index (χ3v) is 5.66. The fourth-order valence-corrected chi connectivity index (χ4v) is 3.63. The average Bonchev–Trinajstić information content (AvgIpc) is 2.63. The quantitative estimate of drug-likeness (QED) is 0.408. The van der Waals surface area contributed by atoms with Gasteiger partial charge in [0.2, 0.25) is 0 Å². The molecule has 0 aliphatic heterocycles. The molecule has 0 bridgehead atoms. The van der Waals surface area contributed by atoms with Crippen LogP contribution in [0.2, 0.25) is 10.0 Å². The van der Waals surface area contributed by atoms with E-state index in [9.17, 15) is 8.78 Å². The normalized spacial score (nSPS) is 12.8. The standard InChI is InChI=1S/C11H4BrCl3F2S/c12-11-6(14)3-9(18-11)10(15)4-1-8(17)5(13)2-7(4)16/h1-3,10H. The highest BCUT2D eigenvalue weighted by molar-refractivity contribution is 9.11. The minimum Gasteiger partial charge on any atom is -0.207 e. The Labute approximate surface area is 130 Å². The van der Waals surface area contributed by atoms with E-state index in [1.807, 2.05) is 0 Å². The van der Waals surface area contributed by atoms with E-state index in [1.165, 1.54) is 11.3 Å². The largest absolute Gasteiger partial charge is 0.207 e. The summed E-state index contributed by atoms with van der Waals surface area (Å²) in [4.78, 5) is 0.620. The van der Waals surface area contributed by atoms with Crippen LogP contribution in [0.5, 0.6) is 0 Å². The molecule has 0 amide bonds. The lowest BCUT2D eigenvalue weighted by Crippen LogP contribution is -1.97. The van der Waals surface area contributed by atoms with Gasteiger partial charge in [-0.2, -0.15) is 0 Å². The van der Waals surface area contributed by atoms with Crippen LogP contribution in [0.3, 0.4) is 0 Å². The van der Waals surface area contributed by atoms with Crippen molar-refractivity contribution < 1.29 is 8.78 Å². The molecule has 0 aliphatic carbocycles. The van der Waals surface area contributed by atoms with Crippen molar-refractivity contribution in [2.24, 2.45) is 0 Å². The predicted molar refractivity (Wildman–Crippen MR) is 76.1 cm³/mol. The molecule has 2 aromatic rings. The molecule has 1 aromatic heterocycles. The SMILES string of the molecule is Fc1cc(C(Cl)c2cc(Cl)c(Br)s2)c(F)cc1Cl. The lowest BCUT2D eigenvalue weighted by molar-refractivity contribution is 0.588. The van der Waals surface area contributed by atoms with Crippen LogP contribution in [0.15, 0.2) is 22.0 Å². The second-order valence-corrected chi connectivity index (χ2v) is 7.07. The number of thiophene rings is 1. The molecule has 2 rings (SSSR count). The third kappa shape index (κ3) is 2.83. The molecule has 1 aromatic carbocycles. The van der Waals surface area contributed by atoms with Crippen molar-refractivity contribution in [3.05, 3.63) is 54.1 Å². The predicted octanol–water partition coefficient (Wildman–Crippen LogP) is 6.42. The van der Waals surface area contributed by atoms with Gasteiger partial charge in [-0.25, -0.2) is 8.78 Å². The first-order valence-corrected chi connectivity index (χ1v) is 7.43. The highest BCUT2D eigenvalue weighted by Gasteiger charge is 2.20. The van der Waals surface area contributed by atoms with Gasteiger partial charge < -0.3 is 0 Å². The molecule has 0 fully saturated rings. The molecule has 1 unspecified atom stereocenters. The average molecular weight is 392 g/mol. The van der Waals surface area contributed by atoms with E-state index < -0.39 is 17.0 Å². The summed E-state index contributed by atoms with van der Waals surface area (Å²) in [5, 5.41) is -0.605. The first kappa shape index (κ1) is 14.5. The molecule has 0 nitrogen and oxygen atoms in total. The molecule has 96 valence electrons. The van der Waals surface area contributed by atoms with Crippen LogP contribution in [0.1, 0.15) is 15.8 Å². The maximum atomic E-state index is 13.7. The van der Waals surface area contributed by atoms with E-state index in [2.05, 4.69) is 15.9 Å². The molecule has 0 spiro atoms. The lowest BCUT2D eigenvalue weighted by Gasteiger charge is -2.09. The Kier molecular flexibility index (Phi) is 4.55. The van der Waals surface area contributed by atoms with Crippen LogP contribution in [0, 0.1) is 11.6 Å². The minimum absolute atomic E-state index is 0.0315. The molecule has 0 N–H and O–H groups in total. The molecule has 0 saturated heterocycles. The van der Waals surface area contributed by atoms with Crippen molar-refractivity contribution in [2.75, 3.05) is 0 Å². The molecular weight excluding hydrogens is 388 g/mol. The fourth-order valence-electron chi connectivity index (χ4n) is 1.37. The maximum Gasteiger partial charge on any atom is 0.142 e. The van der Waals surface area contributed by atoms with Crippen LogP contribution in [-0.2, 0) is 0 Å². The van der Waals surface area contributed by atoms with Gasteiger partial charge >= 0.3 is 0 Å². The molecule has 1 heterocycles. The number of benzene rings is 1. The summed E-state index contributed by atoms with van der Waals surface area (Å²) in [6.45, 7) is 0. The second kappa shape index (κ2) is 5.63. The van der Waals surface area contributed by atoms with Crippen molar-refractivity contribution in [1.29, 1.82) is 0 Å². The summed E-state index contributed by atoms with van der Waals surface area (Å²) < 4.78 is 27.7. The first-order chi connectivity index (χ1) is 8.40. The minimum atomic E-state index is -0.814. The number of alkyl halides is 1. The first-order valence-electron chi connectivity index (χ1n) is 4.63. The zero-order valence-corrected chi connectivity index (χ0v) is 13.2. The van der Waals surface area contributed by atoms with Gasteiger partial charge in [0.1, 0.15) is 11.6 Å². The Morgan fingerprint density at radius 3 is 2.28 bits per heavy atom. The van der Waals surface area contributed by atoms with Crippen LogP contribution in [0.25, 0.3) is 0 Å². The van der Waals surface area contributed by atoms with Crippen molar-refractivity contribution in [3.8, 4) is 0 Å². The van der Waals surface area contributed by atoms with Crippen molar-refractivity contribution >= 4 is 62.1 Å². The Morgan fingerprint density at radius 2 is 1.72 bits per heavy atom. The van der Waals surface area contributed by atoms with Gasteiger partial charge in [-0.05, 0) is 34.1 Å². The maximum absolute atomic E-state index is 13.7. The number of rotatable bonds is 2. The monoisotopic (exact) mass is 390 g/mol. The molecule has 0 saturated carbocycles. The molecule has 0 radical (unpaired) electrons. The van der Waals surface area contributed by atoms with E-state index in [0.29, 0.717) is 13.7 Å². The molecule has 0 aliphatic rings. The summed E-state index contributed by atoms with van der Waals surface area (Å²) in [6, 6.07) is 3.52. The third-order valence-electron chi connectivity index (χ3n) is 2.23. The van der Waals surface area contributed by atoms with Crippen LogP contribution < -0.4 is 0 Å². The Balaban J connectivity index is 2.45. The van der Waals surface area contributed by atoms with Crippen LogP contribution >= 0.6 is 62.1 Å². The Bertz CT molecular complexity index is 581. The highest BCUT2D eigenvalue weighted by Crippen LogP contribution is 2.41. The van der Waals surface area contributed by atoms with Gasteiger partial charge in [-0.3, -0.25) is 0 Å². The molecular formula is C11H4BrCl3F2S.